The number of anilines is 1. The Kier molecular flexibility index (Phi) is 3.23. The number of aromatic amines is 1. The summed E-state index contributed by atoms with van der Waals surface area (Å²) in [4.78, 5) is 6.80. The minimum absolute atomic E-state index is 0.211. The zero-order valence-electron chi connectivity index (χ0n) is 11.1. The fraction of sp³-hybridized carbons (Fsp3) is 0.0667. The summed E-state index contributed by atoms with van der Waals surface area (Å²) >= 11 is 0. The van der Waals surface area contributed by atoms with Crippen LogP contribution in [-0.2, 0) is 0 Å². The van der Waals surface area contributed by atoms with Crippen LogP contribution in [0.3, 0.4) is 0 Å². The van der Waals surface area contributed by atoms with Gasteiger partial charge < -0.3 is 15.8 Å². The number of aromatic nitrogens is 2. The van der Waals surface area contributed by atoms with E-state index in [1.54, 1.807) is 0 Å². The molecule has 1 unspecified atom stereocenters. The summed E-state index contributed by atoms with van der Waals surface area (Å²) in [7, 11) is 0. The zero-order chi connectivity index (χ0) is 15.9. The lowest BCUT2D eigenvalue weighted by molar-refractivity contribution is 0.211. The second kappa shape index (κ2) is 5.09. The molecule has 5 nitrogen and oxygen atoms in total. The van der Waals surface area contributed by atoms with E-state index in [1.807, 2.05) is 6.07 Å². The van der Waals surface area contributed by atoms with Crippen LogP contribution < -0.4 is 5.73 Å². The van der Waals surface area contributed by atoms with Gasteiger partial charge in [-0.3, -0.25) is 0 Å². The number of nitrogens with two attached hydrogens (primary N) is 1. The van der Waals surface area contributed by atoms with Gasteiger partial charge in [0.05, 0.1) is 16.8 Å². The van der Waals surface area contributed by atoms with Crippen LogP contribution in [0.2, 0.25) is 0 Å². The van der Waals surface area contributed by atoms with Gasteiger partial charge in [-0.25, -0.2) is 13.8 Å². The standard InChI is InChI=1S/C15H10F2N4O/c16-10-1-2-11(19)13(17)12(10)14(22)9-6-21-15-8(9)3-7(4-18)5-20-15/h1-3,5-6,14,22H,19H2,(H,20,21). The van der Waals surface area contributed by atoms with Gasteiger partial charge in [-0.05, 0) is 18.2 Å². The molecule has 22 heavy (non-hydrogen) atoms. The van der Waals surface area contributed by atoms with Gasteiger partial charge in [-0.1, -0.05) is 0 Å². The molecule has 3 rings (SSSR count). The molecule has 2 heterocycles. The minimum atomic E-state index is -1.58. The molecule has 0 amide bonds. The SMILES string of the molecule is N#Cc1cnc2[nH]cc(C(O)c3c(F)ccc(N)c3F)c2c1. The maximum Gasteiger partial charge on any atom is 0.155 e. The second-order valence-corrected chi connectivity index (χ2v) is 4.74. The van der Waals surface area contributed by atoms with Gasteiger partial charge in [-0.2, -0.15) is 5.26 Å². The number of halogens is 2. The number of pyridine rings is 1. The molecule has 0 bridgehead atoms. The van der Waals surface area contributed by atoms with E-state index < -0.39 is 23.3 Å². The maximum absolute atomic E-state index is 14.0. The van der Waals surface area contributed by atoms with Crippen molar-refractivity contribution in [3.8, 4) is 6.07 Å². The summed E-state index contributed by atoms with van der Waals surface area (Å²) in [5.41, 5.74) is 5.51. The molecule has 3 aromatic rings. The number of hydrogen-bond acceptors (Lipinski definition) is 4. The Hall–Kier alpha value is -2.98. The van der Waals surface area contributed by atoms with Crippen LogP contribution in [0.15, 0.2) is 30.6 Å². The number of fused-ring (bicyclic) bond motifs is 1. The Morgan fingerprint density at radius 1 is 1.36 bits per heavy atom. The van der Waals surface area contributed by atoms with Crippen molar-refractivity contribution in [1.82, 2.24) is 9.97 Å². The lowest BCUT2D eigenvalue weighted by atomic mass is 9.99. The third kappa shape index (κ3) is 2.06. The third-order valence-corrected chi connectivity index (χ3v) is 3.42. The first-order chi connectivity index (χ1) is 10.5. The topological polar surface area (TPSA) is 98.7 Å². The van der Waals surface area contributed by atoms with Crippen molar-refractivity contribution in [2.75, 3.05) is 5.73 Å². The summed E-state index contributed by atoms with van der Waals surface area (Å²) in [5.74, 6) is -1.91. The fourth-order valence-electron chi connectivity index (χ4n) is 2.30. The van der Waals surface area contributed by atoms with Gasteiger partial charge in [-0.15, -0.1) is 0 Å². The highest BCUT2D eigenvalue weighted by molar-refractivity contribution is 5.81. The Morgan fingerprint density at radius 2 is 2.14 bits per heavy atom. The predicted octanol–water partition coefficient (Wildman–Crippen LogP) is 2.38. The number of H-pyrrole nitrogens is 1. The highest BCUT2D eigenvalue weighted by Gasteiger charge is 2.24. The number of hydrogen-bond donors (Lipinski definition) is 3. The number of aliphatic hydroxyl groups excluding tert-OH is 1. The van der Waals surface area contributed by atoms with Crippen molar-refractivity contribution in [2.45, 2.75) is 6.10 Å². The largest absolute Gasteiger partial charge is 0.396 e. The normalized spacial score (nSPS) is 12.3. The van der Waals surface area contributed by atoms with Crippen molar-refractivity contribution in [1.29, 1.82) is 5.26 Å². The molecule has 7 heteroatoms. The number of rotatable bonds is 2. The highest BCUT2D eigenvalue weighted by atomic mass is 19.1. The van der Waals surface area contributed by atoms with Gasteiger partial charge in [0.1, 0.15) is 23.6 Å². The van der Waals surface area contributed by atoms with Crippen LogP contribution in [0.4, 0.5) is 14.5 Å². The summed E-state index contributed by atoms with van der Waals surface area (Å²) < 4.78 is 27.9. The molecule has 1 atom stereocenters. The molecule has 0 aliphatic rings. The fourth-order valence-corrected chi connectivity index (χ4v) is 2.30. The first-order valence-electron chi connectivity index (χ1n) is 6.31. The number of nitriles is 1. The lowest BCUT2D eigenvalue weighted by Gasteiger charge is -2.13. The Morgan fingerprint density at radius 3 is 2.86 bits per heavy atom. The quantitative estimate of drug-likeness (QED) is 0.633. The van der Waals surface area contributed by atoms with E-state index in [9.17, 15) is 13.9 Å². The van der Waals surface area contributed by atoms with Crippen molar-refractivity contribution >= 4 is 16.7 Å². The lowest BCUT2D eigenvalue weighted by Crippen LogP contribution is -2.07. The molecule has 0 aliphatic carbocycles. The molecular formula is C15H10F2N4O. The van der Waals surface area contributed by atoms with E-state index in [-0.39, 0.29) is 16.8 Å². The van der Waals surface area contributed by atoms with E-state index >= 15 is 0 Å². The molecule has 0 saturated heterocycles. The monoisotopic (exact) mass is 300 g/mol. The third-order valence-electron chi connectivity index (χ3n) is 3.42. The highest BCUT2D eigenvalue weighted by Crippen LogP contribution is 2.33. The first kappa shape index (κ1) is 14.0. The second-order valence-electron chi connectivity index (χ2n) is 4.74. The summed E-state index contributed by atoms with van der Waals surface area (Å²) in [6, 6.07) is 5.49. The van der Waals surface area contributed by atoms with E-state index in [2.05, 4.69) is 9.97 Å². The van der Waals surface area contributed by atoms with Crippen LogP contribution in [0, 0.1) is 23.0 Å². The molecule has 0 fully saturated rings. The molecular weight excluding hydrogens is 290 g/mol. The minimum Gasteiger partial charge on any atom is -0.396 e. The van der Waals surface area contributed by atoms with E-state index in [0.717, 1.165) is 12.1 Å². The summed E-state index contributed by atoms with van der Waals surface area (Å²) in [6.45, 7) is 0. The summed E-state index contributed by atoms with van der Waals surface area (Å²) in [5, 5.41) is 19.7. The number of nitrogen functional groups attached to an aromatic ring is 1. The Labute approximate surface area is 123 Å². The van der Waals surface area contributed by atoms with Gasteiger partial charge in [0.2, 0.25) is 0 Å². The van der Waals surface area contributed by atoms with Crippen molar-refractivity contribution < 1.29 is 13.9 Å². The first-order valence-corrected chi connectivity index (χ1v) is 6.31. The van der Waals surface area contributed by atoms with E-state index in [0.29, 0.717) is 11.0 Å². The molecule has 110 valence electrons. The van der Waals surface area contributed by atoms with Gasteiger partial charge in [0.15, 0.2) is 5.82 Å². The molecule has 0 saturated carbocycles. The summed E-state index contributed by atoms with van der Waals surface area (Å²) in [6.07, 6.45) is 1.18. The Bertz CT molecular complexity index is 914. The van der Waals surface area contributed by atoms with Gasteiger partial charge >= 0.3 is 0 Å². The van der Waals surface area contributed by atoms with E-state index in [4.69, 9.17) is 11.0 Å². The maximum atomic E-state index is 14.0. The number of benzene rings is 1. The average Bonchev–Trinajstić information content (AvgIpc) is 2.94. The zero-order valence-corrected chi connectivity index (χ0v) is 11.1. The van der Waals surface area contributed by atoms with Crippen LogP contribution in [0.1, 0.15) is 22.8 Å². The van der Waals surface area contributed by atoms with E-state index in [1.165, 1.54) is 18.5 Å². The smallest absolute Gasteiger partial charge is 0.155 e. The van der Waals surface area contributed by atoms with Gasteiger partial charge in [0.25, 0.3) is 0 Å². The van der Waals surface area contributed by atoms with Crippen LogP contribution >= 0.6 is 0 Å². The molecule has 1 aromatic carbocycles. The number of nitrogens with zero attached hydrogens (tertiary/aromatic N) is 2. The van der Waals surface area contributed by atoms with Gasteiger partial charge in [0, 0.05) is 23.3 Å². The van der Waals surface area contributed by atoms with Crippen LogP contribution in [0.5, 0.6) is 0 Å². The molecule has 0 radical (unpaired) electrons. The molecule has 0 spiro atoms. The molecule has 4 N–H and O–H groups in total. The predicted molar refractivity (Wildman–Crippen MR) is 75.6 cm³/mol. The molecule has 0 aliphatic heterocycles. The Balaban J connectivity index is 2.20. The number of nitrogens with one attached hydrogen (secondary N) is 1. The van der Waals surface area contributed by atoms with Crippen LogP contribution in [0.25, 0.3) is 11.0 Å². The average molecular weight is 300 g/mol. The van der Waals surface area contributed by atoms with Crippen molar-refractivity contribution in [3.63, 3.8) is 0 Å². The van der Waals surface area contributed by atoms with Crippen LogP contribution in [-0.4, -0.2) is 15.1 Å². The molecule has 2 aromatic heterocycles. The van der Waals surface area contributed by atoms with Crippen molar-refractivity contribution in [2.24, 2.45) is 0 Å². The number of aliphatic hydroxyl groups is 1. The van der Waals surface area contributed by atoms with Crippen molar-refractivity contribution in [3.05, 3.63) is 58.9 Å².